The Morgan fingerprint density at radius 1 is 1.24 bits per heavy atom. The number of hydrogen-bond acceptors (Lipinski definition) is 5. The quantitative estimate of drug-likeness (QED) is 0.764. The molecule has 2 unspecified atom stereocenters. The van der Waals surface area contributed by atoms with Gasteiger partial charge in [0.05, 0.1) is 0 Å². The molecule has 1 saturated heterocycles. The zero-order valence-corrected chi connectivity index (χ0v) is 10.9. The zero-order valence-electron chi connectivity index (χ0n) is 10.2. The van der Waals surface area contributed by atoms with E-state index in [1.807, 2.05) is 13.0 Å². The van der Waals surface area contributed by atoms with Gasteiger partial charge in [0.25, 0.3) is 0 Å². The number of anilines is 1. The number of halogens is 1. The molecule has 0 aromatic carbocycles. The van der Waals surface area contributed by atoms with Crippen molar-refractivity contribution in [2.24, 2.45) is 0 Å². The SMILES string of the molecule is COC1CN(c2cc(C)nc(Cl)n2)CC1OC. The van der Waals surface area contributed by atoms with E-state index >= 15 is 0 Å². The molecule has 17 heavy (non-hydrogen) atoms. The Morgan fingerprint density at radius 3 is 2.29 bits per heavy atom. The minimum atomic E-state index is 0.0639. The maximum absolute atomic E-state index is 5.86. The molecule has 0 radical (unpaired) electrons. The maximum Gasteiger partial charge on any atom is 0.224 e. The van der Waals surface area contributed by atoms with E-state index in [4.69, 9.17) is 21.1 Å². The van der Waals surface area contributed by atoms with Crippen molar-refractivity contribution in [2.75, 3.05) is 32.2 Å². The average Bonchev–Trinajstić information content (AvgIpc) is 2.70. The highest BCUT2D eigenvalue weighted by molar-refractivity contribution is 6.28. The highest BCUT2D eigenvalue weighted by Gasteiger charge is 2.33. The second kappa shape index (κ2) is 5.16. The van der Waals surface area contributed by atoms with Crippen LogP contribution in [0.25, 0.3) is 0 Å². The fraction of sp³-hybridized carbons (Fsp3) is 0.636. The second-order valence-corrected chi connectivity index (χ2v) is 4.43. The molecule has 0 saturated carbocycles. The Kier molecular flexibility index (Phi) is 3.81. The fourth-order valence-corrected chi connectivity index (χ4v) is 2.28. The summed E-state index contributed by atoms with van der Waals surface area (Å²) in [7, 11) is 3.39. The highest BCUT2D eigenvalue weighted by Crippen LogP contribution is 2.23. The third-order valence-corrected chi connectivity index (χ3v) is 3.13. The lowest BCUT2D eigenvalue weighted by atomic mass is 10.3. The van der Waals surface area contributed by atoms with Crippen molar-refractivity contribution >= 4 is 17.4 Å². The minimum Gasteiger partial charge on any atom is -0.377 e. The van der Waals surface area contributed by atoms with Crippen LogP contribution in [0.15, 0.2) is 6.07 Å². The van der Waals surface area contributed by atoms with E-state index in [2.05, 4.69) is 14.9 Å². The summed E-state index contributed by atoms with van der Waals surface area (Å²) < 4.78 is 10.8. The summed E-state index contributed by atoms with van der Waals surface area (Å²) >= 11 is 5.86. The topological polar surface area (TPSA) is 47.5 Å². The van der Waals surface area contributed by atoms with E-state index in [1.165, 1.54) is 0 Å². The molecule has 2 rings (SSSR count). The lowest BCUT2D eigenvalue weighted by molar-refractivity contribution is -0.00461. The summed E-state index contributed by atoms with van der Waals surface area (Å²) in [5.74, 6) is 0.823. The van der Waals surface area contributed by atoms with Gasteiger partial charge < -0.3 is 14.4 Å². The molecule has 1 aromatic heterocycles. The van der Waals surface area contributed by atoms with Crippen LogP contribution < -0.4 is 4.90 Å². The normalized spacial score (nSPS) is 24.4. The van der Waals surface area contributed by atoms with Crippen molar-refractivity contribution < 1.29 is 9.47 Å². The number of aryl methyl sites for hydroxylation is 1. The molecule has 94 valence electrons. The van der Waals surface area contributed by atoms with Crippen LogP contribution in [-0.2, 0) is 9.47 Å². The first kappa shape index (κ1) is 12.5. The van der Waals surface area contributed by atoms with Gasteiger partial charge in [-0.05, 0) is 18.5 Å². The minimum absolute atomic E-state index is 0.0639. The molecule has 5 nitrogen and oxygen atoms in total. The zero-order chi connectivity index (χ0) is 12.4. The molecular formula is C11H16ClN3O2. The largest absolute Gasteiger partial charge is 0.377 e. The van der Waals surface area contributed by atoms with Crippen LogP contribution in [0.1, 0.15) is 5.69 Å². The van der Waals surface area contributed by atoms with Crippen LogP contribution >= 0.6 is 11.6 Å². The molecular weight excluding hydrogens is 242 g/mol. The van der Waals surface area contributed by atoms with Gasteiger partial charge in [-0.15, -0.1) is 0 Å². The van der Waals surface area contributed by atoms with Crippen molar-refractivity contribution in [2.45, 2.75) is 19.1 Å². The van der Waals surface area contributed by atoms with Gasteiger partial charge in [-0.2, -0.15) is 0 Å². The predicted molar refractivity (Wildman–Crippen MR) is 65.6 cm³/mol. The van der Waals surface area contributed by atoms with Crippen LogP contribution in [0.4, 0.5) is 5.82 Å². The van der Waals surface area contributed by atoms with Crippen molar-refractivity contribution in [1.82, 2.24) is 9.97 Å². The molecule has 1 aliphatic heterocycles. The number of aromatic nitrogens is 2. The predicted octanol–water partition coefficient (Wildman–Crippen LogP) is 1.29. The molecule has 0 aliphatic carbocycles. The van der Waals surface area contributed by atoms with Crippen LogP contribution in [0.2, 0.25) is 5.28 Å². The Bertz CT molecular complexity index is 370. The number of methoxy groups -OCH3 is 2. The Balaban J connectivity index is 2.18. The van der Waals surface area contributed by atoms with Gasteiger partial charge in [-0.25, -0.2) is 9.97 Å². The molecule has 1 aliphatic rings. The van der Waals surface area contributed by atoms with Gasteiger partial charge in [-0.3, -0.25) is 0 Å². The fourth-order valence-electron chi connectivity index (χ4n) is 2.06. The molecule has 1 aromatic rings. The molecule has 2 atom stereocenters. The van der Waals surface area contributed by atoms with Crippen molar-refractivity contribution in [3.05, 3.63) is 17.0 Å². The lowest BCUT2D eigenvalue weighted by Gasteiger charge is -2.17. The van der Waals surface area contributed by atoms with Crippen molar-refractivity contribution in [3.63, 3.8) is 0 Å². The third-order valence-electron chi connectivity index (χ3n) is 2.96. The molecule has 0 spiro atoms. The molecule has 2 heterocycles. The summed E-state index contributed by atoms with van der Waals surface area (Å²) in [5, 5.41) is 0.273. The molecule has 1 fully saturated rings. The standard InChI is InChI=1S/C11H16ClN3O2/c1-7-4-10(14-11(12)13-7)15-5-8(16-2)9(6-15)17-3/h4,8-9H,5-6H2,1-3H3. The summed E-state index contributed by atoms with van der Waals surface area (Å²) in [5.41, 5.74) is 0.856. The molecule has 0 amide bonds. The van der Waals surface area contributed by atoms with E-state index in [9.17, 15) is 0 Å². The monoisotopic (exact) mass is 257 g/mol. The number of rotatable bonds is 3. The number of ether oxygens (including phenoxy) is 2. The number of hydrogen-bond donors (Lipinski definition) is 0. The summed E-state index contributed by atoms with van der Waals surface area (Å²) in [6.07, 6.45) is 0.128. The summed E-state index contributed by atoms with van der Waals surface area (Å²) in [6, 6.07) is 1.91. The van der Waals surface area contributed by atoms with Crippen LogP contribution in [-0.4, -0.2) is 49.5 Å². The first-order valence-corrected chi connectivity index (χ1v) is 5.83. The first-order valence-electron chi connectivity index (χ1n) is 5.45. The van der Waals surface area contributed by atoms with Gasteiger partial charge in [0.2, 0.25) is 5.28 Å². The second-order valence-electron chi connectivity index (χ2n) is 4.09. The number of nitrogens with zero attached hydrogens (tertiary/aromatic N) is 3. The van der Waals surface area contributed by atoms with E-state index in [1.54, 1.807) is 14.2 Å². The van der Waals surface area contributed by atoms with Gasteiger partial charge >= 0.3 is 0 Å². The third kappa shape index (κ3) is 2.68. The smallest absolute Gasteiger partial charge is 0.224 e. The van der Waals surface area contributed by atoms with Gasteiger partial charge in [0.15, 0.2) is 0 Å². The van der Waals surface area contributed by atoms with E-state index < -0.39 is 0 Å². The van der Waals surface area contributed by atoms with E-state index in [0.717, 1.165) is 24.6 Å². The van der Waals surface area contributed by atoms with Crippen molar-refractivity contribution in [3.8, 4) is 0 Å². The Hall–Kier alpha value is -0.910. The Morgan fingerprint density at radius 2 is 1.82 bits per heavy atom. The lowest BCUT2D eigenvalue weighted by Crippen LogP contribution is -2.27. The highest BCUT2D eigenvalue weighted by atomic mass is 35.5. The molecule has 0 N–H and O–H groups in total. The van der Waals surface area contributed by atoms with Crippen LogP contribution in [0.3, 0.4) is 0 Å². The summed E-state index contributed by atoms with van der Waals surface area (Å²) in [4.78, 5) is 10.4. The van der Waals surface area contributed by atoms with Crippen molar-refractivity contribution in [1.29, 1.82) is 0 Å². The molecule has 0 bridgehead atoms. The maximum atomic E-state index is 5.86. The van der Waals surface area contributed by atoms with E-state index in [-0.39, 0.29) is 17.5 Å². The van der Waals surface area contributed by atoms with Gasteiger partial charge in [-0.1, -0.05) is 0 Å². The Labute approximate surface area is 106 Å². The van der Waals surface area contributed by atoms with Crippen LogP contribution in [0, 0.1) is 6.92 Å². The van der Waals surface area contributed by atoms with Gasteiger partial charge in [0.1, 0.15) is 18.0 Å². The molecule has 6 heteroatoms. The van der Waals surface area contributed by atoms with Gasteiger partial charge in [0, 0.05) is 39.1 Å². The van der Waals surface area contributed by atoms with E-state index in [0.29, 0.717) is 0 Å². The summed E-state index contributed by atoms with van der Waals surface area (Å²) in [6.45, 7) is 3.40. The first-order chi connectivity index (χ1) is 8.13. The van der Waals surface area contributed by atoms with Crippen LogP contribution in [0.5, 0.6) is 0 Å². The average molecular weight is 258 g/mol.